The van der Waals surface area contributed by atoms with E-state index in [1.807, 2.05) is 30.3 Å². The summed E-state index contributed by atoms with van der Waals surface area (Å²) in [5.41, 5.74) is 0.940. The molecule has 1 aromatic carbocycles. The summed E-state index contributed by atoms with van der Waals surface area (Å²) >= 11 is 9.43. The van der Waals surface area contributed by atoms with Crippen LogP contribution < -0.4 is 0 Å². The van der Waals surface area contributed by atoms with Crippen molar-refractivity contribution < 1.29 is 9.53 Å². The molecule has 0 aliphatic heterocycles. The number of allylic oxidation sites excluding steroid dienone is 1. The Kier molecular flexibility index (Phi) is 5.56. The zero-order valence-electron chi connectivity index (χ0n) is 8.87. The molecule has 0 aliphatic rings. The van der Waals surface area contributed by atoms with Gasteiger partial charge in [-0.1, -0.05) is 45.7 Å². The number of hydrogen-bond donors (Lipinski definition) is 0. The van der Waals surface area contributed by atoms with E-state index in [0.29, 0.717) is 17.9 Å². The van der Waals surface area contributed by atoms with Crippen LogP contribution in [0.15, 0.2) is 34.8 Å². The SMILES string of the molecule is COC(=O)CCC=C(Cl)c1ccc(Br)cc1. The second-order valence-corrected chi connectivity index (χ2v) is 4.50. The highest BCUT2D eigenvalue weighted by Gasteiger charge is 2.00. The maximum atomic E-state index is 10.9. The standard InChI is InChI=1S/C12H12BrClO2/c1-16-12(15)4-2-3-11(14)9-5-7-10(13)8-6-9/h3,5-8H,2,4H2,1H3. The molecule has 0 radical (unpaired) electrons. The highest BCUT2D eigenvalue weighted by molar-refractivity contribution is 9.10. The number of esters is 1. The highest BCUT2D eigenvalue weighted by Crippen LogP contribution is 2.21. The summed E-state index contributed by atoms with van der Waals surface area (Å²) in [4.78, 5) is 10.9. The highest BCUT2D eigenvalue weighted by atomic mass is 79.9. The summed E-state index contributed by atoms with van der Waals surface area (Å²) in [6.45, 7) is 0. The molecule has 0 unspecified atom stereocenters. The molecule has 0 fully saturated rings. The first-order valence-corrected chi connectivity index (χ1v) is 5.99. The molecule has 86 valence electrons. The minimum absolute atomic E-state index is 0.225. The largest absolute Gasteiger partial charge is 0.469 e. The van der Waals surface area contributed by atoms with Gasteiger partial charge in [0.1, 0.15) is 0 Å². The molecule has 0 amide bonds. The summed E-state index contributed by atoms with van der Waals surface area (Å²) in [6, 6.07) is 7.68. The zero-order chi connectivity index (χ0) is 12.0. The fourth-order valence-electron chi connectivity index (χ4n) is 1.15. The molecule has 2 nitrogen and oxygen atoms in total. The van der Waals surface area contributed by atoms with E-state index < -0.39 is 0 Å². The van der Waals surface area contributed by atoms with Crippen LogP contribution in [0.5, 0.6) is 0 Å². The van der Waals surface area contributed by atoms with Gasteiger partial charge in [0, 0.05) is 15.9 Å². The summed E-state index contributed by atoms with van der Waals surface area (Å²) in [6.07, 6.45) is 2.76. The molecule has 0 aromatic heterocycles. The van der Waals surface area contributed by atoms with E-state index in [9.17, 15) is 4.79 Å². The van der Waals surface area contributed by atoms with Crippen molar-refractivity contribution in [1.82, 2.24) is 0 Å². The van der Waals surface area contributed by atoms with Gasteiger partial charge in [0.25, 0.3) is 0 Å². The van der Waals surface area contributed by atoms with Gasteiger partial charge in [-0.25, -0.2) is 0 Å². The third-order valence-corrected chi connectivity index (χ3v) is 2.92. The molecule has 1 aromatic rings. The fraction of sp³-hybridized carbons (Fsp3) is 0.250. The Morgan fingerprint density at radius 1 is 1.44 bits per heavy atom. The maximum absolute atomic E-state index is 10.9. The van der Waals surface area contributed by atoms with Gasteiger partial charge >= 0.3 is 5.97 Å². The molecule has 0 spiro atoms. The van der Waals surface area contributed by atoms with Crippen molar-refractivity contribution in [1.29, 1.82) is 0 Å². The smallest absolute Gasteiger partial charge is 0.305 e. The summed E-state index contributed by atoms with van der Waals surface area (Å²) < 4.78 is 5.55. The first-order chi connectivity index (χ1) is 7.63. The minimum atomic E-state index is -0.225. The molecule has 4 heteroatoms. The van der Waals surface area contributed by atoms with Gasteiger partial charge in [0.05, 0.1) is 7.11 Å². The first kappa shape index (κ1) is 13.3. The Morgan fingerprint density at radius 3 is 2.62 bits per heavy atom. The Bertz CT molecular complexity index is 385. The molecule has 1 rings (SSSR count). The van der Waals surface area contributed by atoms with Crippen LogP contribution in [0, 0.1) is 0 Å². The predicted octanol–water partition coefficient (Wildman–Crippen LogP) is 3.98. The average molecular weight is 304 g/mol. The third-order valence-electron chi connectivity index (χ3n) is 2.02. The van der Waals surface area contributed by atoms with Gasteiger partial charge < -0.3 is 4.74 Å². The van der Waals surface area contributed by atoms with E-state index in [-0.39, 0.29) is 5.97 Å². The van der Waals surface area contributed by atoms with Crippen LogP contribution in [0.2, 0.25) is 0 Å². The number of carbonyl (C=O) groups excluding carboxylic acids is 1. The van der Waals surface area contributed by atoms with Crippen LogP contribution in [-0.4, -0.2) is 13.1 Å². The Labute approximate surface area is 108 Å². The first-order valence-electron chi connectivity index (χ1n) is 4.82. The van der Waals surface area contributed by atoms with Crippen LogP contribution in [0.3, 0.4) is 0 Å². The monoisotopic (exact) mass is 302 g/mol. The van der Waals surface area contributed by atoms with Crippen molar-refractivity contribution in [3.05, 3.63) is 40.4 Å². The minimum Gasteiger partial charge on any atom is -0.469 e. The number of halogens is 2. The number of rotatable bonds is 4. The second-order valence-electron chi connectivity index (χ2n) is 3.17. The summed E-state index contributed by atoms with van der Waals surface area (Å²) in [7, 11) is 1.38. The van der Waals surface area contributed by atoms with Crippen molar-refractivity contribution in [2.45, 2.75) is 12.8 Å². The lowest BCUT2D eigenvalue weighted by molar-refractivity contribution is -0.140. The van der Waals surface area contributed by atoms with E-state index in [4.69, 9.17) is 11.6 Å². The van der Waals surface area contributed by atoms with Gasteiger partial charge in [-0.2, -0.15) is 0 Å². The Hall–Kier alpha value is -0.800. The van der Waals surface area contributed by atoms with Crippen LogP contribution in [0.1, 0.15) is 18.4 Å². The molecular weight excluding hydrogens is 291 g/mol. The van der Waals surface area contributed by atoms with Crippen LogP contribution in [-0.2, 0) is 9.53 Å². The van der Waals surface area contributed by atoms with Crippen LogP contribution in [0.25, 0.3) is 5.03 Å². The molecular formula is C12H12BrClO2. The van der Waals surface area contributed by atoms with Crippen molar-refractivity contribution >= 4 is 38.5 Å². The lowest BCUT2D eigenvalue weighted by Crippen LogP contribution is -1.98. The van der Waals surface area contributed by atoms with E-state index in [1.165, 1.54) is 7.11 Å². The van der Waals surface area contributed by atoms with Gasteiger partial charge in [-0.3, -0.25) is 4.79 Å². The average Bonchev–Trinajstić information content (AvgIpc) is 2.29. The molecule has 16 heavy (non-hydrogen) atoms. The lowest BCUT2D eigenvalue weighted by atomic mass is 10.2. The Morgan fingerprint density at radius 2 is 2.06 bits per heavy atom. The summed E-state index contributed by atoms with van der Waals surface area (Å²) in [5, 5.41) is 0.649. The Balaban J connectivity index is 2.56. The van der Waals surface area contributed by atoms with E-state index in [0.717, 1.165) is 10.0 Å². The van der Waals surface area contributed by atoms with Crippen molar-refractivity contribution in [2.24, 2.45) is 0 Å². The molecule has 0 heterocycles. The number of ether oxygens (including phenoxy) is 1. The number of benzene rings is 1. The van der Waals surface area contributed by atoms with Crippen molar-refractivity contribution in [2.75, 3.05) is 7.11 Å². The van der Waals surface area contributed by atoms with E-state index in [1.54, 1.807) is 0 Å². The predicted molar refractivity (Wildman–Crippen MR) is 69.2 cm³/mol. The fourth-order valence-corrected chi connectivity index (χ4v) is 1.65. The lowest BCUT2D eigenvalue weighted by Gasteiger charge is -2.00. The topological polar surface area (TPSA) is 26.3 Å². The van der Waals surface area contributed by atoms with Crippen LogP contribution >= 0.6 is 27.5 Å². The van der Waals surface area contributed by atoms with E-state index >= 15 is 0 Å². The number of methoxy groups -OCH3 is 1. The molecule has 0 saturated carbocycles. The van der Waals surface area contributed by atoms with Gasteiger partial charge in [-0.15, -0.1) is 0 Å². The molecule has 0 aliphatic carbocycles. The van der Waals surface area contributed by atoms with Crippen molar-refractivity contribution in [3.8, 4) is 0 Å². The van der Waals surface area contributed by atoms with Crippen LogP contribution in [0.4, 0.5) is 0 Å². The van der Waals surface area contributed by atoms with Gasteiger partial charge in [0.15, 0.2) is 0 Å². The number of carbonyl (C=O) groups is 1. The zero-order valence-corrected chi connectivity index (χ0v) is 11.2. The maximum Gasteiger partial charge on any atom is 0.305 e. The van der Waals surface area contributed by atoms with E-state index in [2.05, 4.69) is 20.7 Å². The van der Waals surface area contributed by atoms with Gasteiger partial charge in [0.2, 0.25) is 0 Å². The molecule has 0 bridgehead atoms. The normalized spacial score (nSPS) is 11.3. The van der Waals surface area contributed by atoms with Crippen molar-refractivity contribution in [3.63, 3.8) is 0 Å². The van der Waals surface area contributed by atoms with Gasteiger partial charge in [-0.05, 0) is 24.1 Å². The summed E-state index contributed by atoms with van der Waals surface area (Å²) in [5.74, 6) is -0.225. The molecule has 0 N–H and O–H groups in total. The molecule has 0 saturated heterocycles. The third kappa shape index (κ3) is 4.37. The quantitative estimate of drug-likeness (QED) is 0.786. The second kappa shape index (κ2) is 6.71. The number of hydrogen-bond acceptors (Lipinski definition) is 2. The molecule has 0 atom stereocenters.